The van der Waals surface area contributed by atoms with E-state index < -0.39 is 0 Å². The Morgan fingerprint density at radius 3 is 2.65 bits per heavy atom. The van der Waals surface area contributed by atoms with Gasteiger partial charge in [0.1, 0.15) is 12.4 Å². The van der Waals surface area contributed by atoms with Gasteiger partial charge in [-0.2, -0.15) is 0 Å². The Balaban J connectivity index is 1.81. The van der Waals surface area contributed by atoms with Crippen molar-refractivity contribution in [3.8, 4) is 5.75 Å². The van der Waals surface area contributed by atoms with E-state index in [1.54, 1.807) is 0 Å². The Morgan fingerprint density at radius 2 is 1.95 bits per heavy atom. The Morgan fingerprint density at radius 1 is 1.20 bits per heavy atom. The van der Waals surface area contributed by atoms with Gasteiger partial charge in [0.05, 0.1) is 13.2 Å². The lowest BCUT2D eigenvalue weighted by Gasteiger charge is -2.26. The molecule has 1 aliphatic heterocycles. The second kappa shape index (κ2) is 8.12. The van der Waals surface area contributed by atoms with Gasteiger partial charge >= 0.3 is 0 Å². The maximum absolute atomic E-state index is 5.88. The average molecular weight is 278 g/mol. The highest BCUT2D eigenvalue weighted by Gasteiger charge is 2.10. The molecule has 0 aromatic heterocycles. The molecular formula is C16H26N2O2. The number of nitrogens with zero attached hydrogens (tertiary/aromatic N) is 2. The van der Waals surface area contributed by atoms with Crippen LogP contribution in [-0.2, 0) is 4.74 Å². The molecule has 1 aromatic rings. The van der Waals surface area contributed by atoms with Gasteiger partial charge in [-0.15, -0.1) is 0 Å². The van der Waals surface area contributed by atoms with Crippen LogP contribution in [0.2, 0.25) is 0 Å². The van der Waals surface area contributed by atoms with E-state index in [1.807, 2.05) is 6.07 Å². The van der Waals surface area contributed by atoms with Crippen molar-refractivity contribution in [1.82, 2.24) is 4.90 Å². The van der Waals surface area contributed by atoms with Crippen molar-refractivity contribution >= 4 is 5.69 Å². The number of benzene rings is 1. The van der Waals surface area contributed by atoms with Crippen molar-refractivity contribution in [3.05, 3.63) is 24.3 Å². The molecule has 0 saturated carbocycles. The monoisotopic (exact) mass is 278 g/mol. The zero-order valence-corrected chi connectivity index (χ0v) is 12.7. The van der Waals surface area contributed by atoms with Gasteiger partial charge in [-0.3, -0.25) is 4.90 Å². The summed E-state index contributed by atoms with van der Waals surface area (Å²) in [4.78, 5) is 4.71. The summed E-state index contributed by atoms with van der Waals surface area (Å²) in [6.07, 6.45) is 0. The highest BCUT2D eigenvalue weighted by atomic mass is 16.5. The van der Waals surface area contributed by atoms with Crippen LogP contribution in [0, 0.1) is 0 Å². The van der Waals surface area contributed by atoms with E-state index in [9.17, 15) is 0 Å². The summed E-state index contributed by atoms with van der Waals surface area (Å²) in [7, 11) is 0. The maximum Gasteiger partial charge on any atom is 0.121 e. The predicted molar refractivity (Wildman–Crippen MR) is 82.8 cm³/mol. The topological polar surface area (TPSA) is 24.9 Å². The molecule has 1 aromatic carbocycles. The molecule has 1 fully saturated rings. The molecule has 1 saturated heterocycles. The summed E-state index contributed by atoms with van der Waals surface area (Å²) in [6, 6.07) is 8.37. The molecule has 0 N–H and O–H groups in total. The standard InChI is InChI=1S/C16H26N2O2/c1-3-18(4-2)15-6-5-7-16(14-15)20-13-10-17-8-11-19-12-9-17/h5-7,14H,3-4,8-13H2,1-2H3. The van der Waals surface area contributed by atoms with Crippen molar-refractivity contribution in [2.45, 2.75) is 13.8 Å². The lowest BCUT2D eigenvalue weighted by molar-refractivity contribution is 0.0322. The molecular weight excluding hydrogens is 252 g/mol. The van der Waals surface area contributed by atoms with Crippen LogP contribution in [0.25, 0.3) is 0 Å². The molecule has 2 rings (SSSR count). The van der Waals surface area contributed by atoms with Crippen molar-refractivity contribution in [2.24, 2.45) is 0 Å². The largest absolute Gasteiger partial charge is 0.492 e. The van der Waals surface area contributed by atoms with Gasteiger partial charge in [0.2, 0.25) is 0 Å². The molecule has 112 valence electrons. The van der Waals surface area contributed by atoms with E-state index in [0.29, 0.717) is 0 Å². The Kier molecular flexibility index (Phi) is 6.15. The lowest BCUT2D eigenvalue weighted by Crippen LogP contribution is -2.38. The van der Waals surface area contributed by atoms with Crippen molar-refractivity contribution in [3.63, 3.8) is 0 Å². The van der Waals surface area contributed by atoms with E-state index in [1.165, 1.54) is 5.69 Å². The zero-order chi connectivity index (χ0) is 14.2. The van der Waals surface area contributed by atoms with Crippen LogP contribution in [0.5, 0.6) is 5.75 Å². The third-order valence-electron chi connectivity index (χ3n) is 3.73. The van der Waals surface area contributed by atoms with Gasteiger partial charge in [-0.1, -0.05) is 6.07 Å². The normalized spacial score (nSPS) is 16.1. The van der Waals surface area contributed by atoms with Crippen LogP contribution >= 0.6 is 0 Å². The molecule has 1 aliphatic rings. The maximum atomic E-state index is 5.88. The molecule has 4 heteroatoms. The van der Waals surface area contributed by atoms with Crippen molar-refractivity contribution in [1.29, 1.82) is 0 Å². The summed E-state index contributed by atoms with van der Waals surface area (Å²) in [5.74, 6) is 0.961. The van der Waals surface area contributed by atoms with Gasteiger partial charge in [0, 0.05) is 44.5 Å². The highest BCUT2D eigenvalue weighted by molar-refractivity contribution is 5.50. The Hall–Kier alpha value is -1.26. The predicted octanol–water partition coefficient (Wildman–Crippen LogP) is 2.24. The highest BCUT2D eigenvalue weighted by Crippen LogP contribution is 2.20. The minimum atomic E-state index is 0.738. The number of morpholine rings is 1. The smallest absolute Gasteiger partial charge is 0.121 e. The molecule has 0 amide bonds. The SMILES string of the molecule is CCN(CC)c1cccc(OCCN2CCOCC2)c1. The average Bonchev–Trinajstić information content (AvgIpc) is 2.50. The fourth-order valence-corrected chi connectivity index (χ4v) is 2.48. The van der Waals surface area contributed by atoms with Crippen LogP contribution in [0.1, 0.15) is 13.8 Å². The number of hydrogen-bond acceptors (Lipinski definition) is 4. The van der Waals surface area contributed by atoms with Crippen LogP contribution in [0.15, 0.2) is 24.3 Å². The van der Waals surface area contributed by atoms with Crippen LogP contribution in [0.4, 0.5) is 5.69 Å². The van der Waals surface area contributed by atoms with Gasteiger partial charge in [0.15, 0.2) is 0 Å². The van der Waals surface area contributed by atoms with Gasteiger partial charge < -0.3 is 14.4 Å². The number of ether oxygens (including phenoxy) is 2. The molecule has 0 unspecified atom stereocenters. The van der Waals surface area contributed by atoms with E-state index in [4.69, 9.17) is 9.47 Å². The third-order valence-corrected chi connectivity index (χ3v) is 3.73. The second-order valence-electron chi connectivity index (χ2n) is 4.97. The van der Waals surface area contributed by atoms with Crippen LogP contribution < -0.4 is 9.64 Å². The van der Waals surface area contributed by atoms with E-state index in [2.05, 4.69) is 41.8 Å². The number of hydrogen-bond donors (Lipinski definition) is 0. The second-order valence-corrected chi connectivity index (χ2v) is 4.97. The fourth-order valence-electron chi connectivity index (χ4n) is 2.48. The molecule has 1 heterocycles. The fraction of sp³-hybridized carbons (Fsp3) is 0.625. The summed E-state index contributed by atoms with van der Waals surface area (Å²) < 4.78 is 11.2. The first-order chi connectivity index (χ1) is 9.83. The summed E-state index contributed by atoms with van der Waals surface area (Å²) in [5.41, 5.74) is 1.24. The Labute approximate surface area is 122 Å². The Bertz CT molecular complexity index is 388. The van der Waals surface area contributed by atoms with E-state index in [0.717, 1.165) is 58.3 Å². The summed E-state index contributed by atoms with van der Waals surface area (Å²) >= 11 is 0. The first-order valence-electron chi connectivity index (χ1n) is 7.61. The molecule has 0 bridgehead atoms. The minimum Gasteiger partial charge on any atom is -0.492 e. The number of anilines is 1. The van der Waals surface area contributed by atoms with Gasteiger partial charge in [-0.05, 0) is 26.0 Å². The number of rotatable bonds is 7. The van der Waals surface area contributed by atoms with E-state index in [-0.39, 0.29) is 0 Å². The molecule has 0 atom stereocenters. The first-order valence-corrected chi connectivity index (χ1v) is 7.61. The van der Waals surface area contributed by atoms with Crippen LogP contribution in [0.3, 0.4) is 0 Å². The molecule has 0 aliphatic carbocycles. The van der Waals surface area contributed by atoms with Gasteiger partial charge in [0.25, 0.3) is 0 Å². The quantitative estimate of drug-likeness (QED) is 0.764. The van der Waals surface area contributed by atoms with E-state index >= 15 is 0 Å². The zero-order valence-electron chi connectivity index (χ0n) is 12.7. The van der Waals surface area contributed by atoms with Crippen molar-refractivity contribution in [2.75, 3.05) is 57.4 Å². The molecule has 0 spiro atoms. The first kappa shape index (κ1) is 15.1. The molecule has 20 heavy (non-hydrogen) atoms. The van der Waals surface area contributed by atoms with Crippen LogP contribution in [-0.4, -0.2) is 57.4 Å². The minimum absolute atomic E-state index is 0.738. The third kappa shape index (κ3) is 4.39. The van der Waals surface area contributed by atoms with Crippen molar-refractivity contribution < 1.29 is 9.47 Å². The lowest BCUT2D eigenvalue weighted by atomic mass is 10.2. The van der Waals surface area contributed by atoms with Gasteiger partial charge in [-0.25, -0.2) is 0 Å². The molecule has 4 nitrogen and oxygen atoms in total. The summed E-state index contributed by atoms with van der Waals surface area (Å²) in [5, 5.41) is 0. The molecule has 0 radical (unpaired) electrons. The summed E-state index contributed by atoms with van der Waals surface area (Å²) in [6.45, 7) is 11.8.